The molecule has 0 aliphatic heterocycles. The van der Waals surface area contributed by atoms with Crippen molar-refractivity contribution in [3.63, 3.8) is 0 Å². The third-order valence-corrected chi connectivity index (χ3v) is 2.83. The molecule has 2 aromatic heterocycles. The van der Waals surface area contributed by atoms with Gasteiger partial charge in [-0.05, 0) is 26.8 Å². The van der Waals surface area contributed by atoms with Gasteiger partial charge in [-0.3, -0.25) is 20.3 Å². The average Bonchev–Trinajstić information content (AvgIpc) is 2.87. The van der Waals surface area contributed by atoms with Crippen LogP contribution in [-0.4, -0.2) is 20.7 Å². The number of hydrogen-bond donors (Lipinski definition) is 3. The molecule has 0 saturated heterocycles. The first-order valence-corrected chi connectivity index (χ1v) is 6.30. The Labute approximate surface area is 117 Å². The second kappa shape index (κ2) is 5.70. The first-order valence-electron chi connectivity index (χ1n) is 6.30. The number of hydrogen-bond acceptors (Lipinski definition) is 5. The predicted octanol–water partition coefficient (Wildman–Crippen LogP) is 1.71. The molecule has 2 aromatic rings. The summed E-state index contributed by atoms with van der Waals surface area (Å²) < 4.78 is 1.77. The lowest BCUT2D eigenvalue weighted by Gasteiger charge is -2.09. The minimum Gasteiger partial charge on any atom is -0.323 e. The van der Waals surface area contributed by atoms with Gasteiger partial charge in [0, 0.05) is 24.1 Å². The standard InChI is InChI=1S/C13H18N6O/c1-8(2)19-7-10(5-16-19)17-13(20)11-6-15-9(3)4-12(11)18-14/h4-8H,14H2,1-3H3,(H,15,18)(H,17,20). The number of nitrogen functional groups attached to an aromatic ring is 1. The number of rotatable bonds is 4. The molecule has 20 heavy (non-hydrogen) atoms. The van der Waals surface area contributed by atoms with Crippen molar-refractivity contribution >= 4 is 17.3 Å². The molecule has 0 unspecified atom stereocenters. The molecule has 0 bridgehead atoms. The zero-order valence-corrected chi connectivity index (χ0v) is 11.7. The normalized spacial score (nSPS) is 10.7. The lowest BCUT2D eigenvalue weighted by Crippen LogP contribution is -2.17. The van der Waals surface area contributed by atoms with Gasteiger partial charge in [0.05, 0.1) is 23.1 Å². The minimum absolute atomic E-state index is 0.239. The smallest absolute Gasteiger partial charge is 0.259 e. The van der Waals surface area contributed by atoms with E-state index in [-0.39, 0.29) is 11.9 Å². The van der Waals surface area contributed by atoms with E-state index in [1.165, 1.54) is 6.20 Å². The van der Waals surface area contributed by atoms with E-state index in [4.69, 9.17) is 5.84 Å². The Kier molecular flexibility index (Phi) is 3.99. The van der Waals surface area contributed by atoms with E-state index in [1.54, 1.807) is 23.1 Å². The third-order valence-electron chi connectivity index (χ3n) is 2.83. The van der Waals surface area contributed by atoms with Gasteiger partial charge in [-0.2, -0.15) is 5.10 Å². The molecule has 7 heteroatoms. The highest BCUT2D eigenvalue weighted by Gasteiger charge is 2.13. The van der Waals surface area contributed by atoms with Crippen LogP contribution in [0.4, 0.5) is 11.4 Å². The minimum atomic E-state index is -0.284. The molecule has 0 fully saturated rings. The van der Waals surface area contributed by atoms with Crippen LogP contribution >= 0.6 is 0 Å². The molecule has 0 aromatic carbocycles. The molecule has 0 saturated carbocycles. The summed E-state index contributed by atoms with van der Waals surface area (Å²) in [6, 6.07) is 1.95. The molecule has 0 radical (unpaired) electrons. The summed E-state index contributed by atoms with van der Waals surface area (Å²) in [5, 5.41) is 6.93. The maximum atomic E-state index is 12.2. The van der Waals surface area contributed by atoms with Gasteiger partial charge < -0.3 is 10.7 Å². The Morgan fingerprint density at radius 2 is 2.15 bits per heavy atom. The molecule has 7 nitrogen and oxygen atoms in total. The highest BCUT2D eigenvalue weighted by molar-refractivity contribution is 6.07. The van der Waals surface area contributed by atoms with Gasteiger partial charge in [0.15, 0.2) is 0 Å². The summed E-state index contributed by atoms with van der Waals surface area (Å²) in [6.07, 6.45) is 4.88. The lowest BCUT2D eigenvalue weighted by molar-refractivity contribution is 0.102. The van der Waals surface area contributed by atoms with Gasteiger partial charge in [0.25, 0.3) is 5.91 Å². The number of aryl methyl sites for hydroxylation is 1. The monoisotopic (exact) mass is 274 g/mol. The summed E-state index contributed by atoms with van der Waals surface area (Å²) in [4.78, 5) is 16.3. The van der Waals surface area contributed by atoms with E-state index in [0.29, 0.717) is 16.9 Å². The summed E-state index contributed by atoms with van der Waals surface area (Å²) in [5.74, 6) is 5.14. The summed E-state index contributed by atoms with van der Waals surface area (Å²) in [6.45, 7) is 5.85. The Morgan fingerprint density at radius 1 is 1.40 bits per heavy atom. The Bertz CT molecular complexity index is 619. The number of pyridine rings is 1. The van der Waals surface area contributed by atoms with E-state index in [0.717, 1.165) is 5.69 Å². The van der Waals surface area contributed by atoms with Crippen molar-refractivity contribution < 1.29 is 4.79 Å². The van der Waals surface area contributed by atoms with Crippen LogP contribution in [0.25, 0.3) is 0 Å². The number of aromatic nitrogens is 3. The molecule has 0 spiro atoms. The van der Waals surface area contributed by atoms with Gasteiger partial charge in [-0.25, -0.2) is 0 Å². The fourth-order valence-corrected chi connectivity index (χ4v) is 1.74. The van der Waals surface area contributed by atoms with Crippen molar-refractivity contribution in [2.45, 2.75) is 26.8 Å². The SMILES string of the molecule is Cc1cc(NN)c(C(=O)Nc2cnn(C(C)C)c2)cn1. The highest BCUT2D eigenvalue weighted by Crippen LogP contribution is 2.17. The Morgan fingerprint density at radius 3 is 2.75 bits per heavy atom. The van der Waals surface area contributed by atoms with Crippen LogP contribution in [0.3, 0.4) is 0 Å². The highest BCUT2D eigenvalue weighted by atomic mass is 16.1. The van der Waals surface area contributed by atoms with Gasteiger partial charge in [-0.1, -0.05) is 0 Å². The van der Waals surface area contributed by atoms with Crippen LogP contribution in [-0.2, 0) is 0 Å². The number of anilines is 2. The van der Waals surface area contributed by atoms with Crippen molar-refractivity contribution in [1.82, 2.24) is 14.8 Å². The first-order chi connectivity index (χ1) is 9.51. The van der Waals surface area contributed by atoms with Crippen molar-refractivity contribution in [3.05, 3.63) is 35.9 Å². The summed E-state index contributed by atoms with van der Waals surface area (Å²) in [5.41, 5.74) is 4.83. The zero-order chi connectivity index (χ0) is 14.7. The second-order valence-corrected chi connectivity index (χ2v) is 4.77. The molecule has 0 aliphatic carbocycles. The molecule has 0 aliphatic rings. The van der Waals surface area contributed by atoms with E-state index in [9.17, 15) is 4.79 Å². The number of amides is 1. The van der Waals surface area contributed by atoms with Crippen molar-refractivity contribution in [3.8, 4) is 0 Å². The number of hydrazine groups is 1. The molecule has 106 valence electrons. The van der Waals surface area contributed by atoms with Gasteiger partial charge in [0.2, 0.25) is 0 Å². The molecule has 1 amide bonds. The van der Waals surface area contributed by atoms with E-state index in [2.05, 4.69) is 20.8 Å². The van der Waals surface area contributed by atoms with Crippen LogP contribution in [0.1, 0.15) is 35.9 Å². The van der Waals surface area contributed by atoms with E-state index < -0.39 is 0 Å². The quantitative estimate of drug-likeness (QED) is 0.582. The zero-order valence-electron chi connectivity index (χ0n) is 11.7. The predicted molar refractivity (Wildman–Crippen MR) is 77.3 cm³/mol. The number of carbonyl (C=O) groups excluding carboxylic acids is 1. The van der Waals surface area contributed by atoms with Crippen LogP contribution in [0.5, 0.6) is 0 Å². The number of carbonyl (C=O) groups is 1. The van der Waals surface area contributed by atoms with Crippen molar-refractivity contribution in [1.29, 1.82) is 0 Å². The topological polar surface area (TPSA) is 97.9 Å². The van der Waals surface area contributed by atoms with Crippen molar-refractivity contribution in [2.24, 2.45) is 5.84 Å². The van der Waals surface area contributed by atoms with Gasteiger partial charge in [-0.15, -0.1) is 0 Å². The number of nitrogens with one attached hydrogen (secondary N) is 2. The Hall–Kier alpha value is -2.41. The van der Waals surface area contributed by atoms with Crippen LogP contribution < -0.4 is 16.6 Å². The number of nitrogens with zero attached hydrogens (tertiary/aromatic N) is 3. The maximum Gasteiger partial charge on any atom is 0.259 e. The van der Waals surface area contributed by atoms with Gasteiger partial charge >= 0.3 is 0 Å². The Balaban J connectivity index is 2.19. The first kappa shape index (κ1) is 14.0. The molecule has 2 heterocycles. The summed E-state index contributed by atoms with van der Waals surface area (Å²) >= 11 is 0. The fourth-order valence-electron chi connectivity index (χ4n) is 1.74. The molecule has 2 rings (SSSR count). The fraction of sp³-hybridized carbons (Fsp3) is 0.308. The lowest BCUT2D eigenvalue weighted by atomic mass is 10.2. The second-order valence-electron chi connectivity index (χ2n) is 4.77. The molecular weight excluding hydrogens is 256 g/mol. The van der Waals surface area contributed by atoms with Gasteiger partial charge in [0.1, 0.15) is 0 Å². The average molecular weight is 274 g/mol. The van der Waals surface area contributed by atoms with E-state index >= 15 is 0 Å². The van der Waals surface area contributed by atoms with E-state index in [1.807, 2.05) is 20.8 Å². The van der Waals surface area contributed by atoms with Crippen LogP contribution in [0.2, 0.25) is 0 Å². The van der Waals surface area contributed by atoms with Crippen LogP contribution in [0, 0.1) is 6.92 Å². The molecule has 4 N–H and O–H groups in total. The van der Waals surface area contributed by atoms with Crippen LogP contribution in [0.15, 0.2) is 24.7 Å². The summed E-state index contributed by atoms with van der Waals surface area (Å²) in [7, 11) is 0. The number of nitrogens with two attached hydrogens (primary N) is 1. The largest absolute Gasteiger partial charge is 0.323 e. The maximum absolute atomic E-state index is 12.2. The third kappa shape index (κ3) is 2.94. The molecule has 0 atom stereocenters. The van der Waals surface area contributed by atoms with Crippen molar-refractivity contribution in [2.75, 3.05) is 10.7 Å². The molecular formula is C13H18N6O.